The molecule has 1 aromatic carbocycles. The fourth-order valence-corrected chi connectivity index (χ4v) is 6.51. The summed E-state index contributed by atoms with van der Waals surface area (Å²) in [7, 11) is -3.35. The van der Waals surface area contributed by atoms with Crippen LogP contribution in [0.4, 0.5) is 5.13 Å². The molecule has 200 valence electrons. The van der Waals surface area contributed by atoms with E-state index in [-0.39, 0.29) is 35.1 Å². The molecule has 13 heteroatoms. The Morgan fingerprint density at radius 3 is 2.70 bits per heavy atom. The highest BCUT2D eigenvalue weighted by Crippen LogP contribution is 2.33. The molecule has 2 N–H and O–H groups in total. The van der Waals surface area contributed by atoms with Crippen molar-refractivity contribution in [2.75, 3.05) is 38.2 Å². The van der Waals surface area contributed by atoms with Crippen LogP contribution in [0.2, 0.25) is 0 Å². The van der Waals surface area contributed by atoms with Gasteiger partial charge in [0.2, 0.25) is 6.41 Å². The van der Waals surface area contributed by atoms with Crippen molar-refractivity contribution in [3.63, 3.8) is 0 Å². The lowest BCUT2D eigenvalue weighted by atomic mass is 10.1. The van der Waals surface area contributed by atoms with E-state index in [1.165, 1.54) is 35.6 Å². The molecule has 1 saturated carbocycles. The predicted molar refractivity (Wildman–Crippen MR) is 139 cm³/mol. The molecule has 1 aromatic heterocycles. The molecule has 1 aliphatic carbocycles. The zero-order valence-electron chi connectivity index (χ0n) is 20.6. The van der Waals surface area contributed by atoms with Gasteiger partial charge >= 0.3 is 0 Å². The van der Waals surface area contributed by atoms with Crippen molar-refractivity contribution in [3.8, 4) is 0 Å². The van der Waals surface area contributed by atoms with Gasteiger partial charge in [0.25, 0.3) is 5.91 Å². The number of anilines is 1. The monoisotopic (exact) mass is 549 g/mol. The number of hydrogen-bond acceptors (Lipinski definition) is 10. The second-order valence-corrected chi connectivity index (χ2v) is 12.5. The highest BCUT2D eigenvalue weighted by Gasteiger charge is 2.36. The summed E-state index contributed by atoms with van der Waals surface area (Å²) in [5, 5.41) is 15.8. The smallest absolute Gasteiger partial charge is 0.280 e. The van der Waals surface area contributed by atoms with Crippen LogP contribution in [-0.2, 0) is 30.8 Å². The van der Waals surface area contributed by atoms with E-state index in [9.17, 15) is 18.0 Å². The summed E-state index contributed by atoms with van der Waals surface area (Å²) >= 11 is 1.35. The lowest BCUT2D eigenvalue weighted by molar-refractivity contribution is -0.122. The molecule has 2 aliphatic rings. The Hall–Kier alpha value is -2.87. The molecule has 2 heterocycles. The third kappa shape index (κ3) is 6.92. The predicted octanol–water partition coefficient (Wildman–Crippen LogP) is 1.48. The first kappa shape index (κ1) is 27.2. The average Bonchev–Trinajstić information content (AvgIpc) is 3.66. The van der Waals surface area contributed by atoms with Gasteiger partial charge in [0.15, 0.2) is 20.7 Å². The summed E-state index contributed by atoms with van der Waals surface area (Å²) in [4.78, 5) is 39.0. The Morgan fingerprint density at radius 2 is 2.05 bits per heavy atom. The number of oxime groups is 1. The Kier molecular flexibility index (Phi) is 8.90. The Balaban J connectivity index is 1.43. The Bertz CT molecular complexity index is 1230. The van der Waals surface area contributed by atoms with Crippen molar-refractivity contribution in [3.05, 3.63) is 40.9 Å². The van der Waals surface area contributed by atoms with Gasteiger partial charge in [-0.2, -0.15) is 0 Å². The van der Waals surface area contributed by atoms with Crippen LogP contribution in [0.3, 0.4) is 0 Å². The average molecular weight is 550 g/mol. The van der Waals surface area contributed by atoms with Gasteiger partial charge in [-0.3, -0.25) is 19.8 Å². The van der Waals surface area contributed by atoms with Gasteiger partial charge in [0.05, 0.1) is 10.1 Å². The fourth-order valence-electron chi connectivity index (χ4n) is 4.00. The topological polar surface area (TPSA) is 142 Å². The van der Waals surface area contributed by atoms with Crippen LogP contribution in [0.1, 0.15) is 36.6 Å². The number of sulfone groups is 1. The zero-order chi connectivity index (χ0) is 26.4. The minimum absolute atomic E-state index is 0.0242. The van der Waals surface area contributed by atoms with E-state index in [1.54, 1.807) is 11.1 Å². The maximum Gasteiger partial charge on any atom is 0.280 e. The van der Waals surface area contributed by atoms with Crippen molar-refractivity contribution in [1.29, 1.82) is 0 Å². The van der Waals surface area contributed by atoms with Gasteiger partial charge in [-0.05, 0) is 31.9 Å². The molecule has 1 aliphatic heterocycles. The zero-order valence-corrected chi connectivity index (χ0v) is 22.2. The fraction of sp³-hybridized carbons (Fsp3) is 0.500. The molecule has 0 bridgehead atoms. The van der Waals surface area contributed by atoms with Crippen LogP contribution < -0.4 is 5.32 Å². The Labute approximate surface area is 220 Å². The maximum atomic E-state index is 13.1. The summed E-state index contributed by atoms with van der Waals surface area (Å²) in [6.45, 7) is 4.91. The van der Waals surface area contributed by atoms with Gasteiger partial charge in [0, 0.05) is 61.9 Å². The molecule has 1 saturated heterocycles. The number of piperazine rings is 1. The quantitative estimate of drug-likeness (QED) is 0.176. The normalized spacial score (nSPS) is 19.0. The van der Waals surface area contributed by atoms with Crippen LogP contribution in [0, 0.1) is 0 Å². The first-order chi connectivity index (χ1) is 17.8. The lowest BCUT2D eigenvalue weighted by Crippen LogP contribution is -2.50. The van der Waals surface area contributed by atoms with Gasteiger partial charge in [-0.1, -0.05) is 17.3 Å². The van der Waals surface area contributed by atoms with E-state index in [4.69, 9.17) is 9.94 Å². The molecule has 11 nitrogen and oxygen atoms in total. The standard InChI is InChI=1S/C24H31N5O6S2/c1-17-14-28(9-10-29(17)16-31)15-19-13-25-24(36-19)26-23(32)22(27-35-12-2-11-30)18-3-5-20(6-4-18)37(33,34)21-7-8-21/h3-6,13,16-17,21,30H,2,7-12,14-15H2,1H3,(H,25,26,32)/b27-22+/t17-/m0/s1. The van der Waals surface area contributed by atoms with Crippen LogP contribution >= 0.6 is 11.3 Å². The molecule has 0 unspecified atom stereocenters. The number of amides is 2. The van der Waals surface area contributed by atoms with E-state index in [2.05, 4.69) is 20.4 Å². The van der Waals surface area contributed by atoms with Crippen molar-refractivity contribution < 1.29 is 28.0 Å². The number of rotatable bonds is 12. The SMILES string of the molecule is C[C@H]1CN(Cc2cnc(NC(=O)/C(=N/OCCCO)c3ccc(S(=O)(=O)C4CC4)cc3)s2)CCN1C=O. The van der Waals surface area contributed by atoms with Crippen LogP contribution in [0.15, 0.2) is 40.5 Å². The van der Waals surface area contributed by atoms with Gasteiger partial charge in [-0.25, -0.2) is 13.4 Å². The maximum absolute atomic E-state index is 13.1. The van der Waals surface area contributed by atoms with Gasteiger partial charge in [-0.15, -0.1) is 11.3 Å². The molecular formula is C24H31N5O6S2. The van der Waals surface area contributed by atoms with Crippen molar-refractivity contribution in [1.82, 2.24) is 14.8 Å². The number of benzene rings is 1. The first-order valence-electron chi connectivity index (χ1n) is 12.2. The summed E-state index contributed by atoms with van der Waals surface area (Å²) < 4.78 is 25.0. The largest absolute Gasteiger partial charge is 0.396 e. The number of nitrogens with one attached hydrogen (secondary N) is 1. The molecule has 2 aromatic rings. The molecule has 1 atom stereocenters. The number of aliphatic hydroxyl groups is 1. The number of carbonyl (C=O) groups is 2. The van der Waals surface area contributed by atoms with Crippen LogP contribution in [-0.4, -0.2) is 90.5 Å². The second-order valence-electron chi connectivity index (χ2n) is 9.13. The van der Waals surface area contributed by atoms with E-state index in [0.29, 0.717) is 43.0 Å². The van der Waals surface area contributed by atoms with Crippen LogP contribution in [0.25, 0.3) is 0 Å². The summed E-state index contributed by atoms with van der Waals surface area (Å²) in [5.41, 5.74) is 0.374. The molecule has 0 spiro atoms. The third-order valence-corrected chi connectivity index (χ3v) is 9.41. The minimum atomic E-state index is -3.35. The van der Waals surface area contributed by atoms with Gasteiger partial charge < -0.3 is 14.8 Å². The highest BCUT2D eigenvalue weighted by atomic mass is 32.2. The third-order valence-electron chi connectivity index (χ3n) is 6.24. The number of hydrogen-bond donors (Lipinski definition) is 2. The van der Waals surface area contributed by atoms with Crippen molar-refractivity contribution in [2.45, 2.75) is 48.9 Å². The lowest BCUT2D eigenvalue weighted by Gasteiger charge is -2.37. The van der Waals surface area contributed by atoms with Gasteiger partial charge in [0.1, 0.15) is 6.61 Å². The second kappa shape index (κ2) is 12.1. The highest BCUT2D eigenvalue weighted by molar-refractivity contribution is 7.92. The number of aromatic nitrogens is 1. The molecule has 0 radical (unpaired) electrons. The van der Waals surface area contributed by atoms with E-state index in [1.807, 2.05) is 6.92 Å². The number of nitrogens with zero attached hydrogens (tertiary/aromatic N) is 4. The van der Waals surface area contributed by atoms with E-state index < -0.39 is 15.7 Å². The number of thiazole rings is 1. The molecule has 37 heavy (non-hydrogen) atoms. The molecule has 4 rings (SSSR count). The molecule has 2 amide bonds. The van der Waals surface area contributed by atoms with Crippen molar-refractivity contribution in [2.24, 2.45) is 5.16 Å². The summed E-state index contributed by atoms with van der Waals surface area (Å²) in [6, 6.07) is 6.17. The van der Waals surface area contributed by atoms with E-state index >= 15 is 0 Å². The Morgan fingerprint density at radius 1 is 1.30 bits per heavy atom. The van der Waals surface area contributed by atoms with E-state index in [0.717, 1.165) is 24.4 Å². The molecular weight excluding hydrogens is 518 g/mol. The summed E-state index contributed by atoms with van der Waals surface area (Å²) in [6.07, 6.45) is 4.29. The summed E-state index contributed by atoms with van der Waals surface area (Å²) in [5.74, 6) is -0.545. The molecule has 2 fully saturated rings. The number of aliphatic hydroxyl groups excluding tert-OH is 1. The minimum Gasteiger partial charge on any atom is -0.396 e. The van der Waals surface area contributed by atoms with Crippen molar-refractivity contribution >= 4 is 44.3 Å². The van der Waals surface area contributed by atoms with Crippen LogP contribution in [0.5, 0.6) is 0 Å². The number of carbonyl (C=O) groups excluding carboxylic acids is 2. The first-order valence-corrected chi connectivity index (χ1v) is 14.5.